The number of rotatable bonds is 4. The number of aromatic nitrogens is 2. The van der Waals surface area contributed by atoms with E-state index in [0.29, 0.717) is 5.13 Å². The normalized spacial score (nSPS) is 18.3. The molecule has 0 spiro atoms. The summed E-state index contributed by atoms with van der Waals surface area (Å²) in [4.78, 5) is 20.1. The Morgan fingerprint density at radius 3 is 2.67 bits per heavy atom. The second-order valence-corrected chi connectivity index (χ2v) is 5.00. The third kappa shape index (κ3) is 3.49. The SMILES string of the molecule is Nc1nc(C([C]=O)=NOC2CCCCCC2)ns1. The molecule has 1 fully saturated rings. The molecule has 18 heavy (non-hydrogen) atoms. The van der Waals surface area contributed by atoms with Crippen LogP contribution in [0.1, 0.15) is 44.3 Å². The molecular weight excluding hydrogens is 252 g/mol. The Hall–Kier alpha value is -1.50. The number of hydrogen-bond donors (Lipinski definition) is 1. The summed E-state index contributed by atoms with van der Waals surface area (Å²) < 4.78 is 3.90. The third-order valence-corrected chi connectivity index (χ3v) is 3.39. The van der Waals surface area contributed by atoms with Crippen LogP contribution in [0.3, 0.4) is 0 Å². The first kappa shape index (κ1) is 12.9. The van der Waals surface area contributed by atoms with Gasteiger partial charge in [0.2, 0.25) is 5.82 Å². The summed E-state index contributed by atoms with van der Waals surface area (Å²) in [6.07, 6.45) is 8.47. The summed E-state index contributed by atoms with van der Waals surface area (Å²) in [6.45, 7) is 0. The van der Waals surface area contributed by atoms with Gasteiger partial charge in [0, 0.05) is 11.5 Å². The van der Waals surface area contributed by atoms with E-state index in [9.17, 15) is 4.79 Å². The van der Waals surface area contributed by atoms with Gasteiger partial charge in [0.25, 0.3) is 6.29 Å². The molecule has 0 saturated heterocycles. The monoisotopic (exact) mass is 267 g/mol. The molecule has 1 radical (unpaired) electrons. The summed E-state index contributed by atoms with van der Waals surface area (Å²) in [5.74, 6) is 0.182. The predicted molar refractivity (Wildman–Crippen MR) is 69.1 cm³/mol. The van der Waals surface area contributed by atoms with Crippen LogP contribution >= 0.6 is 11.5 Å². The summed E-state index contributed by atoms with van der Waals surface area (Å²) in [5, 5.41) is 4.10. The number of anilines is 1. The number of carbonyl (C=O) groups excluding carboxylic acids is 1. The van der Waals surface area contributed by atoms with Crippen molar-refractivity contribution in [2.75, 3.05) is 5.73 Å². The highest BCUT2D eigenvalue weighted by Crippen LogP contribution is 2.20. The molecule has 1 saturated carbocycles. The van der Waals surface area contributed by atoms with E-state index in [4.69, 9.17) is 10.6 Å². The summed E-state index contributed by atoms with van der Waals surface area (Å²) in [7, 11) is 0. The highest BCUT2D eigenvalue weighted by Gasteiger charge is 2.15. The number of nitrogens with zero attached hydrogens (tertiary/aromatic N) is 3. The van der Waals surface area contributed by atoms with Crippen LogP contribution in [0, 0.1) is 0 Å². The Bertz CT molecular complexity index is 424. The van der Waals surface area contributed by atoms with Crippen LogP contribution in [0.15, 0.2) is 5.16 Å². The van der Waals surface area contributed by atoms with Gasteiger partial charge in [-0.1, -0.05) is 18.0 Å². The van der Waals surface area contributed by atoms with Crippen molar-refractivity contribution in [2.24, 2.45) is 5.16 Å². The van der Waals surface area contributed by atoms with Gasteiger partial charge >= 0.3 is 0 Å². The summed E-state index contributed by atoms with van der Waals surface area (Å²) in [6, 6.07) is 0. The first-order valence-electron chi connectivity index (χ1n) is 6.01. The zero-order valence-corrected chi connectivity index (χ0v) is 10.8. The molecule has 0 aromatic carbocycles. The fourth-order valence-electron chi connectivity index (χ4n) is 1.91. The fourth-order valence-corrected chi connectivity index (χ4v) is 2.35. The molecule has 2 rings (SSSR count). The standard InChI is InChI=1S/C11H15N4O2S/c12-11-13-10(15-18-11)9(7-16)14-17-8-5-3-1-2-4-6-8/h8H,1-6H2,(H2,12,13,15). The highest BCUT2D eigenvalue weighted by molar-refractivity contribution is 7.09. The van der Waals surface area contributed by atoms with Crippen LogP contribution in [0.5, 0.6) is 0 Å². The van der Waals surface area contributed by atoms with E-state index >= 15 is 0 Å². The van der Waals surface area contributed by atoms with Gasteiger partial charge in [-0.05, 0) is 25.7 Å². The molecule has 2 N–H and O–H groups in total. The van der Waals surface area contributed by atoms with Crippen LogP contribution in [-0.4, -0.2) is 27.5 Å². The first-order valence-corrected chi connectivity index (χ1v) is 6.78. The fraction of sp³-hybridized carbons (Fsp3) is 0.636. The molecule has 0 unspecified atom stereocenters. The lowest BCUT2D eigenvalue weighted by Crippen LogP contribution is -2.12. The van der Waals surface area contributed by atoms with E-state index in [2.05, 4.69) is 14.5 Å². The van der Waals surface area contributed by atoms with E-state index in [1.54, 1.807) is 6.29 Å². The van der Waals surface area contributed by atoms with Crippen LogP contribution in [0.25, 0.3) is 0 Å². The van der Waals surface area contributed by atoms with Gasteiger partial charge in [-0.25, -0.2) is 0 Å². The van der Waals surface area contributed by atoms with E-state index in [-0.39, 0.29) is 17.6 Å². The van der Waals surface area contributed by atoms with Crippen molar-refractivity contribution in [1.29, 1.82) is 0 Å². The van der Waals surface area contributed by atoms with Crippen LogP contribution in [0.2, 0.25) is 0 Å². The Balaban J connectivity index is 1.99. The van der Waals surface area contributed by atoms with Gasteiger partial charge in [0.1, 0.15) is 6.10 Å². The Morgan fingerprint density at radius 1 is 1.39 bits per heavy atom. The lowest BCUT2D eigenvalue weighted by Gasteiger charge is -2.11. The second kappa shape index (κ2) is 6.44. The first-order chi connectivity index (χ1) is 8.79. The maximum atomic E-state index is 10.8. The molecule has 0 amide bonds. The maximum Gasteiger partial charge on any atom is 0.261 e. The van der Waals surface area contributed by atoms with Crippen molar-refractivity contribution in [1.82, 2.24) is 9.36 Å². The molecule has 1 aromatic rings. The van der Waals surface area contributed by atoms with Crippen molar-refractivity contribution >= 4 is 28.7 Å². The molecule has 1 aliphatic carbocycles. The van der Waals surface area contributed by atoms with E-state index < -0.39 is 0 Å². The minimum atomic E-state index is -0.0211. The maximum absolute atomic E-state index is 10.8. The summed E-state index contributed by atoms with van der Waals surface area (Å²) in [5.41, 5.74) is 5.43. The van der Waals surface area contributed by atoms with Crippen LogP contribution < -0.4 is 5.73 Å². The van der Waals surface area contributed by atoms with Gasteiger partial charge in [0.15, 0.2) is 10.8 Å². The molecule has 1 aliphatic rings. The van der Waals surface area contributed by atoms with E-state index in [1.807, 2.05) is 0 Å². The number of nitrogen functional groups attached to an aromatic ring is 1. The number of oxime groups is 1. The van der Waals surface area contributed by atoms with E-state index in [1.165, 1.54) is 12.8 Å². The topological polar surface area (TPSA) is 90.5 Å². The Kier molecular flexibility index (Phi) is 4.63. The molecule has 6 nitrogen and oxygen atoms in total. The summed E-state index contributed by atoms with van der Waals surface area (Å²) >= 11 is 1.01. The van der Waals surface area contributed by atoms with E-state index in [0.717, 1.165) is 37.2 Å². The Labute approximate surface area is 109 Å². The second-order valence-electron chi connectivity index (χ2n) is 4.22. The predicted octanol–water partition coefficient (Wildman–Crippen LogP) is 1.67. The molecule has 7 heteroatoms. The molecule has 0 bridgehead atoms. The average Bonchev–Trinajstić information content (AvgIpc) is 2.65. The van der Waals surface area contributed by atoms with Gasteiger partial charge < -0.3 is 10.6 Å². The largest absolute Gasteiger partial charge is 0.392 e. The van der Waals surface area contributed by atoms with Crippen LogP contribution in [-0.2, 0) is 9.63 Å². The van der Waals surface area contributed by atoms with Gasteiger partial charge in [-0.3, -0.25) is 4.79 Å². The minimum absolute atomic E-state index is 0.0211. The van der Waals surface area contributed by atoms with Crippen molar-refractivity contribution in [3.05, 3.63) is 5.82 Å². The van der Waals surface area contributed by atoms with Crippen molar-refractivity contribution in [2.45, 2.75) is 44.6 Å². The van der Waals surface area contributed by atoms with Crippen molar-refractivity contribution in [3.8, 4) is 0 Å². The smallest absolute Gasteiger partial charge is 0.261 e. The minimum Gasteiger partial charge on any atom is -0.392 e. The zero-order valence-electron chi connectivity index (χ0n) is 9.96. The Morgan fingerprint density at radius 2 is 2.11 bits per heavy atom. The lowest BCUT2D eigenvalue weighted by atomic mass is 10.2. The molecule has 0 aliphatic heterocycles. The molecule has 1 aromatic heterocycles. The molecular formula is C11H15N4O2S. The average molecular weight is 267 g/mol. The van der Waals surface area contributed by atoms with Gasteiger partial charge in [-0.2, -0.15) is 9.36 Å². The van der Waals surface area contributed by atoms with Crippen molar-refractivity contribution in [3.63, 3.8) is 0 Å². The lowest BCUT2D eigenvalue weighted by molar-refractivity contribution is 0.0489. The zero-order chi connectivity index (χ0) is 12.8. The van der Waals surface area contributed by atoms with Gasteiger partial charge in [-0.15, -0.1) is 0 Å². The highest BCUT2D eigenvalue weighted by atomic mass is 32.1. The number of hydrogen-bond acceptors (Lipinski definition) is 7. The quantitative estimate of drug-likeness (QED) is 0.509. The molecule has 0 atom stereocenters. The third-order valence-electron chi connectivity index (χ3n) is 2.85. The number of nitrogens with two attached hydrogens (primary N) is 1. The molecule has 1 heterocycles. The van der Waals surface area contributed by atoms with Crippen molar-refractivity contribution < 1.29 is 9.63 Å². The van der Waals surface area contributed by atoms with Crippen LogP contribution in [0.4, 0.5) is 5.13 Å². The van der Waals surface area contributed by atoms with Gasteiger partial charge in [0.05, 0.1) is 0 Å². The molecule has 97 valence electrons.